The van der Waals surface area contributed by atoms with Crippen molar-refractivity contribution in [3.8, 4) is 5.75 Å². The average molecular weight is 389 g/mol. The van der Waals surface area contributed by atoms with Crippen LogP contribution in [0.5, 0.6) is 5.75 Å². The lowest BCUT2D eigenvalue weighted by molar-refractivity contribution is -0.121. The third-order valence-electron chi connectivity index (χ3n) is 3.70. The summed E-state index contributed by atoms with van der Waals surface area (Å²) < 4.78 is 6.30. The van der Waals surface area contributed by atoms with Crippen molar-refractivity contribution in [1.82, 2.24) is 0 Å². The summed E-state index contributed by atoms with van der Waals surface area (Å²) in [5.74, 6) is 0.340. The number of amides is 2. The molecule has 0 saturated heterocycles. The first-order valence-electron chi connectivity index (χ1n) is 7.61. The van der Waals surface area contributed by atoms with E-state index in [4.69, 9.17) is 4.74 Å². The van der Waals surface area contributed by atoms with Crippen LogP contribution >= 0.6 is 15.9 Å². The Labute approximate surface area is 148 Å². The molecule has 0 atom stereocenters. The molecule has 2 aromatic carbocycles. The van der Waals surface area contributed by atoms with E-state index in [0.717, 1.165) is 4.47 Å². The number of ether oxygens (including phenoxy) is 1. The predicted molar refractivity (Wildman–Crippen MR) is 96.7 cm³/mol. The first kappa shape index (κ1) is 16.5. The van der Waals surface area contributed by atoms with E-state index < -0.39 is 0 Å². The van der Waals surface area contributed by atoms with Gasteiger partial charge in [-0.3, -0.25) is 9.59 Å². The zero-order valence-corrected chi connectivity index (χ0v) is 15.0. The van der Waals surface area contributed by atoms with Crippen LogP contribution in [-0.4, -0.2) is 24.5 Å². The Hall–Kier alpha value is -2.34. The SMILES string of the molecule is CC(C)N1C(=O)COc2ccc(NC(=O)c3cccc(Br)c3)cc21. The second-order valence-corrected chi connectivity index (χ2v) is 6.71. The third-order valence-corrected chi connectivity index (χ3v) is 4.19. The summed E-state index contributed by atoms with van der Waals surface area (Å²) in [6.07, 6.45) is 0. The number of hydrogen-bond acceptors (Lipinski definition) is 3. The number of nitrogens with zero attached hydrogens (tertiary/aromatic N) is 1. The van der Waals surface area contributed by atoms with Crippen molar-refractivity contribution >= 4 is 39.1 Å². The first-order chi connectivity index (χ1) is 11.5. The van der Waals surface area contributed by atoms with Crippen LogP contribution in [-0.2, 0) is 4.79 Å². The average Bonchev–Trinajstić information content (AvgIpc) is 2.54. The standard InChI is InChI=1S/C18H17BrN2O3/c1-11(2)21-15-9-14(6-7-16(15)24-10-17(21)22)20-18(23)12-4-3-5-13(19)8-12/h3-9,11H,10H2,1-2H3,(H,20,23). The predicted octanol–water partition coefficient (Wildman–Crippen LogP) is 3.84. The topological polar surface area (TPSA) is 58.6 Å². The molecule has 0 spiro atoms. The number of hydrogen-bond donors (Lipinski definition) is 1. The van der Waals surface area contributed by atoms with Gasteiger partial charge < -0.3 is 15.0 Å². The summed E-state index contributed by atoms with van der Waals surface area (Å²) in [6, 6.07) is 12.5. The van der Waals surface area contributed by atoms with Crippen molar-refractivity contribution in [2.75, 3.05) is 16.8 Å². The summed E-state index contributed by atoms with van der Waals surface area (Å²) in [5, 5.41) is 2.86. The fraction of sp³-hybridized carbons (Fsp3) is 0.222. The van der Waals surface area contributed by atoms with Gasteiger partial charge in [-0.25, -0.2) is 0 Å². The van der Waals surface area contributed by atoms with E-state index in [2.05, 4.69) is 21.2 Å². The molecular weight excluding hydrogens is 372 g/mol. The molecule has 1 aliphatic heterocycles. The van der Waals surface area contributed by atoms with Crippen molar-refractivity contribution in [2.45, 2.75) is 19.9 Å². The molecule has 24 heavy (non-hydrogen) atoms. The molecule has 1 N–H and O–H groups in total. The molecule has 0 aliphatic carbocycles. The minimum Gasteiger partial charge on any atom is -0.482 e. The molecule has 6 heteroatoms. The number of halogens is 1. The maximum absolute atomic E-state index is 12.4. The van der Waals surface area contributed by atoms with E-state index in [1.807, 2.05) is 19.9 Å². The molecule has 0 fully saturated rings. The van der Waals surface area contributed by atoms with Crippen molar-refractivity contribution in [3.63, 3.8) is 0 Å². The van der Waals surface area contributed by atoms with Crippen LogP contribution < -0.4 is 15.0 Å². The summed E-state index contributed by atoms with van der Waals surface area (Å²) in [6.45, 7) is 3.93. The molecule has 5 nitrogen and oxygen atoms in total. The molecule has 0 saturated carbocycles. The van der Waals surface area contributed by atoms with Gasteiger partial charge in [0.25, 0.3) is 11.8 Å². The van der Waals surface area contributed by atoms with Crippen molar-refractivity contribution in [2.24, 2.45) is 0 Å². The van der Waals surface area contributed by atoms with E-state index in [9.17, 15) is 9.59 Å². The normalized spacial score (nSPS) is 13.5. The van der Waals surface area contributed by atoms with Crippen molar-refractivity contribution in [3.05, 3.63) is 52.5 Å². The molecule has 0 radical (unpaired) electrons. The molecule has 3 rings (SSSR count). The van der Waals surface area contributed by atoms with E-state index >= 15 is 0 Å². The fourth-order valence-electron chi connectivity index (χ4n) is 2.65. The summed E-state index contributed by atoms with van der Waals surface area (Å²) in [5.41, 5.74) is 1.84. The van der Waals surface area contributed by atoms with Crippen LogP contribution in [0.3, 0.4) is 0 Å². The van der Waals surface area contributed by atoms with Gasteiger partial charge in [-0.1, -0.05) is 22.0 Å². The number of nitrogens with one attached hydrogen (secondary N) is 1. The van der Waals surface area contributed by atoms with Gasteiger partial charge in [0.15, 0.2) is 6.61 Å². The van der Waals surface area contributed by atoms with Crippen molar-refractivity contribution in [1.29, 1.82) is 0 Å². The maximum Gasteiger partial charge on any atom is 0.265 e. The second kappa shape index (κ2) is 6.65. The highest BCUT2D eigenvalue weighted by atomic mass is 79.9. The Balaban J connectivity index is 1.88. The molecule has 0 unspecified atom stereocenters. The number of carbonyl (C=O) groups excluding carboxylic acids is 2. The lowest BCUT2D eigenvalue weighted by Crippen LogP contribution is -2.43. The second-order valence-electron chi connectivity index (χ2n) is 5.79. The van der Waals surface area contributed by atoms with Crippen LogP contribution in [0.25, 0.3) is 0 Å². The van der Waals surface area contributed by atoms with Gasteiger partial charge in [0.05, 0.1) is 5.69 Å². The molecule has 124 valence electrons. The quantitative estimate of drug-likeness (QED) is 0.868. The molecule has 0 aromatic heterocycles. The summed E-state index contributed by atoms with van der Waals surface area (Å²) >= 11 is 3.35. The minimum absolute atomic E-state index is 0.0104. The highest BCUT2D eigenvalue weighted by Crippen LogP contribution is 2.35. The Morgan fingerprint density at radius 1 is 1.25 bits per heavy atom. The van der Waals surface area contributed by atoms with Gasteiger partial charge in [-0.2, -0.15) is 0 Å². The number of rotatable bonds is 3. The lowest BCUT2D eigenvalue weighted by Gasteiger charge is -2.32. The molecule has 0 bridgehead atoms. The number of benzene rings is 2. The number of carbonyl (C=O) groups is 2. The van der Waals surface area contributed by atoms with Gasteiger partial charge in [0.2, 0.25) is 0 Å². The lowest BCUT2D eigenvalue weighted by atomic mass is 10.1. The zero-order valence-electron chi connectivity index (χ0n) is 13.4. The molecule has 2 amide bonds. The fourth-order valence-corrected chi connectivity index (χ4v) is 3.05. The van der Waals surface area contributed by atoms with Gasteiger partial charge in [-0.05, 0) is 50.2 Å². The van der Waals surface area contributed by atoms with Gasteiger partial charge in [0.1, 0.15) is 5.75 Å². The molecule has 2 aromatic rings. The van der Waals surface area contributed by atoms with Crippen LogP contribution in [0.4, 0.5) is 11.4 Å². The zero-order chi connectivity index (χ0) is 17.3. The Morgan fingerprint density at radius 3 is 2.75 bits per heavy atom. The largest absolute Gasteiger partial charge is 0.482 e. The van der Waals surface area contributed by atoms with Crippen LogP contribution in [0.2, 0.25) is 0 Å². The van der Waals surface area contributed by atoms with Crippen molar-refractivity contribution < 1.29 is 14.3 Å². The highest BCUT2D eigenvalue weighted by Gasteiger charge is 2.28. The van der Waals surface area contributed by atoms with Gasteiger partial charge in [-0.15, -0.1) is 0 Å². The van der Waals surface area contributed by atoms with E-state index in [0.29, 0.717) is 22.7 Å². The number of anilines is 2. The minimum atomic E-state index is -0.213. The smallest absolute Gasteiger partial charge is 0.265 e. The van der Waals surface area contributed by atoms with Crippen LogP contribution in [0.15, 0.2) is 46.9 Å². The third kappa shape index (κ3) is 3.28. The monoisotopic (exact) mass is 388 g/mol. The van der Waals surface area contributed by atoms with E-state index in [1.54, 1.807) is 41.3 Å². The van der Waals surface area contributed by atoms with Gasteiger partial charge >= 0.3 is 0 Å². The highest BCUT2D eigenvalue weighted by molar-refractivity contribution is 9.10. The van der Waals surface area contributed by atoms with Crippen LogP contribution in [0, 0.1) is 0 Å². The maximum atomic E-state index is 12.4. The number of fused-ring (bicyclic) bond motifs is 1. The summed E-state index contributed by atoms with van der Waals surface area (Å²) in [4.78, 5) is 26.2. The van der Waals surface area contributed by atoms with Gasteiger partial charge in [0, 0.05) is 21.8 Å². The van der Waals surface area contributed by atoms with Crippen LogP contribution in [0.1, 0.15) is 24.2 Å². The van der Waals surface area contributed by atoms with E-state index in [1.165, 1.54) is 0 Å². The Bertz CT molecular complexity index is 805. The van der Waals surface area contributed by atoms with E-state index in [-0.39, 0.29) is 24.5 Å². The molecule has 1 aliphatic rings. The Kier molecular flexibility index (Phi) is 4.57. The Morgan fingerprint density at radius 2 is 2.04 bits per heavy atom. The molecular formula is C18H17BrN2O3. The molecule has 1 heterocycles. The summed E-state index contributed by atoms with van der Waals surface area (Å²) in [7, 11) is 0. The first-order valence-corrected chi connectivity index (χ1v) is 8.41.